The zero-order valence-electron chi connectivity index (χ0n) is 11.7. The number of nitrogens with two attached hydrogens (primary N) is 1. The highest BCUT2D eigenvalue weighted by atomic mass is 16.2. The standard InChI is InChI=1S/C16H19N3O/c1-19(12-7-3-4-8-12)16(20)14-10-11-6-2-5-9-13(11)15(17)18-14/h2,5-6,9-10,12H,3-4,7-8H2,1H3,(H2,17,18). The molecule has 0 atom stereocenters. The van der Waals surface area contributed by atoms with Gasteiger partial charge in [0.1, 0.15) is 11.5 Å². The molecule has 0 saturated heterocycles. The highest BCUT2D eigenvalue weighted by molar-refractivity contribution is 5.99. The minimum Gasteiger partial charge on any atom is -0.383 e. The molecule has 2 N–H and O–H groups in total. The molecule has 20 heavy (non-hydrogen) atoms. The van der Waals surface area contributed by atoms with Crippen molar-refractivity contribution in [2.75, 3.05) is 12.8 Å². The number of carbonyl (C=O) groups excluding carboxylic acids is 1. The Morgan fingerprint density at radius 2 is 2.00 bits per heavy atom. The van der Waals surface area contributed by atoms with E-state index >= 15 is 0 Å². The highest BCUT2D eigenvalue weighted by Crippen LogP contribution is 2.25. The van der Waals surface area contributed by atoms with Crippen LogP contribution in [0.4, 0.5) is 5.82 Å². The normalized spacial score (nSPS) is 15.7. The predicted molar refractivity (Wildman–Crippen MR) is 80.5 cm³/mol. The number of fused-ring (bicyclic) bond motifs is 1. The SMILES string of the molecule is CN(C(=O)c1cc2ccccc2c(N)n1)C1CCCC1. The van der Waals surface area contributed by atoms with Crippen molar-refractivity contribution in [3.8, 4) is 0 Å². The van der Waals surface area contributed by atoms with Crippen LogP contribution in [0.25, 0.3) is 10.8 Å². The van der Waals surface area contributed by atoms with Gasteiger partial charge in [-0.25, -0.2) is 4.98 Å². The van der Waals surface area contributed by atoms with Crippen LogP contribution in [-0.4, -0.2) is 28.9 Å². The molecule has 0 unspecified atom stereocenters. The lowest BCUT2D eigenvalue weighted by molar-refractivity contribution is 0.0729. The Kier molecular flexibility index (Phi) is 3.30. The van der Waals surface area contributed by atoms with E-state index in [1.807, 2.05) is 42.3 Å². The Balaban J connectivity index is 1.95. The van der Waals surface area contributed by atoms with E-state index in [-0.39, 0.29) is 5.91 Å². The van der Waals surface area contributed by atoms with Crippen LogP contribution in [-0.2, 0) is 0 Å². The van der Waals surface area contributed by atoms with Crippen LogP contribution in [0.3, 0.4) is 0 Å². The van der Waals surface area contributed by atoms with Crippen molar-refractivity contribution in [3.05, 3.63) is 36.0 Å². The Bertz CT molecular complexity index is 647. The monoisotopic (exact) mass is 269 g/mol. The van der Waals surface area contributed by atoms with Gasteiger partial charge in [-0.05, 0) is 24.3 Å². The fourth-order valence-corrected chi connectivity index (χ4v) is 2.97. The van der Waals surface area contributed by atoms with Gasteiger partial charge in [0, 0.05) is 18.5 Å². The maximum atomic E-state index is 12.5. The molecular formula is C16H19N3O. The molecule has 104 valence electrons. The Morgan fingerprint density at radius 1 is 1.30 bits per heavy atom. The lowest BCUT2D eigenvalue weighted by atomic mass is 10.1. The summed E-state index contributed by atoms with van der Waals surface area (Å²) >= 11 is 0. The molecule has 1 amide bonds. The Hall–Kier alpha value is -2.10. The van der Waals surface area contributed by atoms with Crippen molar-refractivity contribution in [1.29, 1.82) is 0 Å². The maximum absolute atomic E-state index is 12.5. The minimum absolute atomic E-state index is 0.0330. The van der Waals surface area contributed by atoms with E-state index in [9.17, 15) is 4.79 Å². The van der Waals surface area contributed by atoms with Gasteiger partial charge in [-0.15, -0.1) is 0 Å². The third-order valence-electron chi connectivity index (χ3n) is 4.18. The van der Waals surface area contributed by atoms with Gasteiger partial charge in [-0.2, -0.15) is 0 Å². The molecule has 1 aromatic heterocycles. The molecule has 4 nitrogen and oxygen atoms in total. The second-order valence-electron chi connectivity index (χ2n) is 5.47. The second kappa shape index (κ2) is 5.12. The average Bonchev–Trinajstić information content (AvgIpc) is 3.00. The quantitative estimate of drug-likeness (QED) is 0.912. The van der Waals surface area contributed by atoms with Crippen LogP contribution in [0.1, 0.15) is 36.2 Å². The molecule has 1 aliphatic rings. The average molecular weight is 269 g/mol. The second-order valence-corrected chi connectivity index (χ2v) is 5.47. The lowest BCUT2D eigenvalue weighted by Crippen LogP contribution is -2.35. The first-order chi connectivity index (χ1) is 9.66. The van der Waals surface area contributed by atoms with Crippen LogP contribution >= 0.6 is 0 Å². The summed E-state index contributed by atoms with van der Waals surface area (Å²) in [5.41, 5.74) is 6.41. The predicted octanol–water partition coefficient (Wildman–Crippen LogP) is 2.83. The van der Waals surface area contributed by atoms with E-state index in [4.69, 9.17) is 5.73 Å². The smallest absolute Gasteiger partial charge is 0.272 e. The summed E-state index contributed by atoms with van der Waals surface area (Å²) in [7, 11) is 1.87. The number of rotatable bonds is 2. The number of nitrogens with zero attached hydrogens (tertiary/aromatic N) is 2. The molecule has 4 heteroatoms. The zero-order valence-corrected chi connectivity index (χ0v) is 11.7. The molecular weight excluding hydrogens is 250 g/mol. The van der Waals surface area contributed by atoms with Gasteiger partial charge >= 0.3 is 0 Å². The van der Waals surface area contributed by atoms with Gasteiger partial charge in [0.05, 0.1) is 0 Å². The van der Waals surface area contributed by atoms with Gasteiger partial charge in [0.25, 0.3) is 5.91 Å². The largest absolute Gasteiger partial charge is 0.383 e. The van der Waals surface area contributed by atoms with Crippen molar-refractivity contribution in [1.82, 2.24) is 9.88 Å². The number of hydrogen-bond donors (Lipinski definition) is 1. The van der Waals surface area contributed by atoms with Crippen molar-refractivity contribution in [2.24, 2.45) is 0 Å². The number of anilines is 1. The molecule has 1 aromatic carbocycles. The van der Waals surface area contributed by atoms with Crippen LogP contribution in [0.15, 0.2) is 30.3 Å². The summed E-state index contributed by atoms with van der Waals surface area (Å²) in [6.07, 6.45) is 4.59. The third kappa shape index (κ3) is 2.22. The van der Waals surface area contributed by atoms with E-state index in [2.05, 4.69) is 4.98 Å². The number of aromatic nitrogens is 1. The van der Waals surface area contributed by atoms with E-state index in [0.717, 1.165) is 23.6 Å². The summed E-state index contributed by atoms with van der Waals surface area (Å²) in [6, 6.07) is 9.92. The van der Waals surface area contributed by atoms with Gasteiger partial charge in [0.15, 0.2) is 0 Å². The molecule has 1 aliphatic carbocycles. The minimum atomic E-state index is -0.0330. The van der Waals surface area contributed by atoms with E-state index in [1.54, 1.807) is 0 Å². The van der Waals surface area contributed by atoms with Crippen LogP contribution < -0.4 is 5.73 Å². The molecule has 0 aliphatic heterocycles. The first kappa shape index (κ1) is 12.9. The van der Waals surface area contributed by atoms with Crippen LogP contribution in [0.5, 0.6) is 0 Å². The summed E-state index contributed by atoms with van der Waals surface area (Å²) in [4.78, 5) is 18.6. The molecule has 0 radical (unpaired) electrons. The highest BCUT2D eigenvalue weighted by Gasteiger charge is 2.25. The van der Waals surface area contributed by atoms with Gasteiger partial charge in [-0.1, -0.05) is 37.1 Å². The van der Waals surface area contributed by atoms with E-state index < -0.39 is 0 Å². The third-order valence-corrected chi connectivity index (χ3v) is 4.18. The van der Waals surface area contributed by atoms with Crippen molar-refractivity contribution in [3.63, 3.8) is 0 Å². The Labute approximate surface area is 118 Å². The molecule has 0 bridgehead atoms. The van der Waals surface area contributed by atoms with Crippen molar-refractivity contribution >= 4 is 22.5 Å². The first-order valence-electron chi connectivity index (χ1n) is 7.09. The number of pyridine rings is 1. The summed E-state index contributed by atoms with van der Waals surface area (Å²) < 4.78 is 0. The molecule has 1 saturated carbocycles. The fourth-order valence-electron chi connectivity index (χ4n) is 2.97. The molecule has 1 fully saturated rings. The van der Waals surface area contributed by atoms with Crippen LogP contribution in [0.2, 0.25) is 0 Å². The number of nitrogen functional groups attached to an aromatic ring is 1. The van der Waals surface area contributed by atoms with E-state index in [0.29, 0.717) is 17.6 Å². The van der Waals surface area contributed by atoms with Gasteiger partial charge in [0.2, 0.25) is 0 Å². The summed E-state index contributed by atoms with van der Waals surface area (Å²) in [5.74, 6) is 0.389. The number of benzene rings is 1. The maximum Gasteiger partial charge on any atom is 0.272 e. The van der Waals surface area contributed by atoms with Crippen molar-refractivity contribution in [2.45, 2.75) is 31.7 Å². The van der Waals surface area contributed by atoms with E-state index in [1.165, 1.54) is 12.8 Å². The number of hydrogen-bond acceptors (Lipinski definition) is 3. The number of amides is 1. The van der Waals surface area contributed by atoms with Gasteiger partial charge in [-0.3, -0.25) is 4.79 Å². The summed E-state index contributed by atoms with van der Waals surface area (Å²) in [6.45, 7) is 0. The number of carbonyl (C=O) groups is 1. The van der Waals surface area contributed by atoms with Crippen molar-refractivity contribution < 1.29 is 4.79 Å². The van der Waals surface area contributed by atoms with Gasteiger partial charge < -0.3 is 10.6 Å². The molecule has 3 rings (SSSR count). The molecule has 1 heterocycles. The summed E-state index contributed by atoms with van der Waals surface area (Å²) in [5, 5.41) is 1.86. The zero-order chi connectivity index (χ0) is 14.1. The first-order valence-corrected chi connectivity index (χ1v) is 7.09. The molecule has 0 spiro atoms. The lowest BCUT2D eigenvalue weighted by Gasteiger charge is -2.24. The fraction of sp³-hybridized carbons (Fsp3) is 0.375. The topological polar surface area (TPSA) is 59.2 Å². The molecule has 2 aromatic rings. The van der Waals surface area contributed by atoms with Crippen LogP contribution in [0, 0.1) is 0 Å². The Morgan fingerprint density at radius 3 is 2.75 bits per heavy atom.